The molecule has 146 valence electrons. The van der Waals surface area contributed by atoms with E-state index in [1.165, 1.54) is 10.4 Å². The van der Waals surface area contributed by atoms with Crippen LogP contribution in [0.1, 0.15) is 21.7 Å². The number of benzene rings is 1. The molecule has 1 fully saturated rings. The number of ether oxygens (including phenoxy) is 1. The van der Waals surface area contributed by atoms with Crippen molar-refractivity contribution >= 4 is 15.9 Å². The number of nitrogens with zero attached hydrogens (tertiary/aromatic N) is 2. The van der Waals surface area contributed by atoms with Crippen LogP contribution in [-0.4, -0.2) is 49.5 Å². The molecule has 2 aromatic rings. The Morgan fingerprint density at radius 3 is 2.56 bits per heavy atom. The molecule has 0 unspecified atom stereocenters. The zero-order valence-electron chi connectivity index (χ0n) is 15.2. The largest absolute Gasteiger partial charge is 0.379 e. The van der Waals surface area contributed by atoms with Crippen LogP contribution in [0.4, 0.5) is 4.39 Å². The minimum atomic E-state index is -3.80. The Morgan fingerprint density at radius 2 is 1.93 bits per heavy atom. The van der Waals surface area contributed by atoms with E-state index in [2.05, 4.69) is 5.32 Å². The fraction of sp³-hybridized carbons (Fsp3) is 0.389. The fourth-order valence-corrected chi connectivity index (χ4v) is 4.32. The third-order valence-electron chi connectivity index (χ3n) is 4.70. The summed E-state index contributed by atoms with van der Waals surface area (Å²) in [4.78, 5) is 12.3. The van der Waals surface area contributed by atoms with Gasteiger partial charge in [-0.15, -0.1) is 0 Å². The maximum Gasteiger partial charge on any atom is 0.254 e. The van der Waals surface area contributed by atoms with Gasteiger partial charge in [0.05, 0.1) is 30.2 Å². The van der Waals surface area contributed by atoms with E-state index < -0.39 is 21.7 Å². The summed E-state index contributed by atoms with van der Waals surface area (Å²) in [7, 11) is -1.93. The molecule has 2 heterocycles. The quantitative estimate of drug-likeness (QED) is 0.830. The van der Waals surface area contributed by atoms with E-state index in [4.69, 9.17) is 4.74 Å². The van der Waals surface area contributed by atoms with Gasteiger partial charge in [0.1, 0.15) is 5.82 Å². The van der Waals surface area contributed by atoms with Gasteiger partial charge in [-0.1, -0.05) is 0 Å². The smallest absolute Gasteiger partial charge is 0.254 e. The molecule has 1 amide bonds. The molecular formula is C18H22FN3O4S. The molecule has 27 heavy (non-hydrogen) atoms. The summed E-state index contributed by atoms with van der Waals surface area (Å²) in [6, 6.07) is 7.06. The summed E-state index contributed by atoms with van der Waals surface area (Å²) in [6.07, 6.45) is 0. The summed E-state index contributed by atoms with van der Waals surface area (Å²) in [5.41, 5.74) is 1.60. The number of aromatic nitrogens is 1. The summed E-state index contributed by atoms with van der Waals surface area (Å²) >= 11 is 0. The molecule has 0 radical (unpaired) electrons. The maximum absolute atomic E-state index is 14.2. The normalized spacial score (nSPS) is 15.7. The Kier molecular flexibility index (Phi) is 5.64. The molecule has 1 saturated heterocycles. The van der Waals surface area contributed by atoms with Crippen molar-refractivity contribution in [1.29, 1.82) is 0 Å². The molecule has 0 spiro atoms. The first kappa shape index (κ1) is 19.5. The summed E-state index contributed by atoms with van der Waals surface area (Å²) < 4.78 is 47.9. The molecular weight excluding hydrogens is 373 g/mol. The number of hydrogen-bond donors (Lipinski definition) is 1. The van der Waals surface area contributed by atoms with Crippen molar-refractivity contribution in [2.45, 2.75) is 18.4 Å². The highest BCUT2D eigenvalue weighted by atomic mass is 32.2. The Labute approximate surface area is 157 Å². The molecule has 1 aromatic carbocycles. The maximum atomic E-state index is 14.2. The van der Waals surface area contributed by atoms with Gasteiger partial charge in [0.25, 0.3) is 5.91 Å². The first-order chi connectivity index (χ1) is 12.8. The molecule has 3 rings (SSSR count). The molecule has 0 saturated carbocycles. The van der Waals surface area contributed by atoms with Crippen molar-refractivity contribution in [2.24, 2.45) is 7.05 Å². The number of carbonyl (C=O) groups is 1. The minimum Gasteiger partial charge on any atom is -0.379 e. The fourth-order valence-electron chi connectivity index (χ4n) is 2.89. The molecule has 0 bridgehead atoms. The van der Waals surface area contributed by atoms with Crippen LogP contribution >= 0.6 is 0 Å². The zero-order chi connectivity index (χ0) is 19.6. The van der Waals surface area contributed by atoms with Crippen LogP contribution in [-0.2, 0) is 28.4 Å². The van der Waals surface area contributed by atoms with Gasteiger partial charge >= 0.3 is 0 Å². The lowest BCUT2D eigenvalue weighted by molar-refractivity contribution is 0.0730. The number of aryl methyl sites for hydroxylation is 1. The number of carbonyl (C=O) groups excluding carboxylic acids is 1. The molecule has 0 atom stereocenters. The molecule has 0 aliphatic carbocycles. The second-order valence-corrected chi connectivity index (χ2v) is 8.30. The highest BCUT2D eigenvalue weighted by Crippen LogP contribution is 2.20. The molecule has 7 nitrogen and oxygen atoms in total. The van der Waals surface area contributed by atoms with Crippen molar-refractivity contribution < 1.29 is 22.3 Å². The van der Waals surface area contributed by atoms with E-state index in [0.717, 1.165) is 23.5 Å². The lowest BCUT2D eigenvalue weighted by atomic mass is 10.2. The van der Waals surface area contributed by atoms with Crippen molar-refractivity contribution in [1.82, 2.24) is 14.2 Å². The Bertz CT molecular complexity index is 950. The predicted octanol–water partition coefficient (Wildman–Crippen LogP) is 1.42. The van der Waals surface area contributed by atoms with Gasteiger partial charge in [0.2, 0.25) is 10.0 Å². The number of rotatable bonds is 5. The highest BCUT2D eigenvalue weighted by Gasteiger charge is 2.27. The van der Waals surface area contributed by atoms with Gasteiger partial charge in [-0.25, -0.2) is 12.8 Å². The number of hydrogen-bond acceptors (Lipinski definition) is 4. The summed E-state index contributed by atoms with van der Waals surface area (Å²) in [5, 5.41) is 2.64. The van der Waals surface area contributed by atoms with Gasteiger partial charge in [0, 0.05) is 31.5 Å². The lowest BCUT2D eigenvalue weighted by Crippen LogP contribution is -2.40. The van der Waals surface area contributed by atoms with Crippen LogP contribution in [0.15, 0.2) is 35.2 Å². The molecule has 1 aliphatic rings. The van der Waals surface area contributed by atoms with E-state index >= 15 is 0 Å². The van der Waals surface area contributed by atoms with Crippen LogP contribution < -0.4 is 5.32 Å². The number of amides is 1. The van der Waals surface area contributed by atoms with Crippen molar-refractivity contribution in [2.75, 3.05) is 26.3 Å². The van der Waals surface area contributed by atoms with Crippen molar-refractivity contribution in [3.63, 3.8) is 0 Å². The lowest BCUT2D eigenvalue weighted by Gasteiger charge is -2.26. The molecule has 1 aliphatic heterocycles. The van der Waals surface area contributed by atoms with E-state index in [-0.39, 0.29) is 30.1 Å². The first-order valence-corrected chi connectivity index (χ1v) is 10.0. The Balaban J connectivity index is 1.80. The van der Waals surface area contributed by atoms with Crippen LogP contribution in [0.5, 0.6) is 0 Å². The van der Waals surface area contributed by atoms with Gasteiger partial charge in [-0.3, -0.25) is 4.79 Å². The van der Waals surface area contributed by atoms with Crippen LogP contribution in [0.3, 0.4) is 0 Å². The Hall–Kier alpha value is -2.23. The van der Waals surface area contributed by atoms with E-state index in [0.29, 0.717) is 13.2 Å². The predicted molar refractivity (Wildman–Crippen MR) is 97.3 cm³/mol. The molecule has 1 N–H and O–H groups in total. The second kappa shape index (κ2) is 7.79. The summed E-state index contributed by atoms with van der Waals surface area (Å²) in [6.45, 7) is 3.23. The minimum absolute atomic E-state index is 0.106. The summed E-state index contributed by atoms with van der Waals surface area (Å²) in [5.74, 6) is -1.43. The van der Waals surface area contributed by atoms with Crippen molar-refractivity contribution in [3.05, 3.63) is 53.1 Å². The third-order valence-corrected chi connectivity index (χ3v) is 6.59. The molecule has 1 aromatic heterocycles. The van der Waals surface area contributed by atoms with Gasteiger partial charge in [-0.2, -0.15) is 4.31 Å². The highest BCUT2D eigenvalue weighted by molar-refractivity contribution is 7.89. The zero-order valence-corrected chi connectivity index (χ0v) is 16.1. The van der Waals surface area contributed by atoms with Crippen LogP contribution in [0.2, 0.25) is 0 Å². The van der Waals surface area contributed by atoms with Crippen molar-refractivity contribution in [3.8, 4) is 0 Å². The number of sulfonamides is 1. The van der Waals surface area contributed by atoms with Crippen LogP contribution in [0.25, 0.3) is 0 Å². The molecule has 9 heteroatoms. The number of halogens is 1. The van der Waals surface area contributed by atoms with E-state index in [1.807, 2.05) is 30.7 Å². The average molecular weight is 395 g/mol. The van der Waals surface area contributed by atoms with Gasteiger partial charge < -0.3 is 14.6 Å². The topological polar surface area (TPSA) is 80.6 Å². The van der Waals surface area contributed by atoms with E-state index in [9.17, 15) is 17.6 Å². The third kappa shape index (κ3) is 4.05. The van der Waals surface area contributed by atoms with Gasteiger partial charge in [0.15, 0.2) is 0 Å². The van der Waals surface area contributed by atoms with Crippen LogP contribution in [0, 0.1) is 12.7 Å². The Morgan fingerprint density at radius 1 is 1.22 bits per heavy atom. The van der Waals surface area contributed by atoms with E-state index in [1.54, 1.807) is 0 Å². The first-order valence-electron chi connectivity index (χ1n) is 8.57. The number of nitrogens with one attached hydrogen (secondary N) is 1. The monoisotopic (exact) mass is 395 g/mol. The second-order valence-electron chi connectivity index (χ2n) is 6.37. The average Bonchev–Trinajstić information content (AvgIpc) is 2.99. The number of morpholine rings is 1. The standard InChI is InChI=1S/C18H22FN3O4S/c1-13-3-4-14(21(13)2)12-20-18(23)16-11-15(5-6-17(16)19)27(24,25)22-7-9-26-10-8-22/h3-6,11H,7-10,12H2,1-2H3,(H,20,23). The van der Waals surface area contributed by atoms with Gasteiger partial charge in [-0.05, 0) is 37.3 Å². The SMILES string of the molecule is Cc1ccc(CNC(=O)c2cc(S(=O)(=O)N3CCOCC3)ccc2F)n1C.